The van der Waals surface area contributed by atoms with E-state index in [9.17, 15) is 4.79 Å². The second-order valence-electron chi connectivity index (χ2n) is 6.40. The number of nitriles is 1. The van der Waals surface area contributed by atoms with Gasteiger partial charge in [0.1, 0.15) is 6.10 Å². The molecule has 1 saturated heterocycles. The summed E-state index contributed by atoms with van der Waals surface area (Å²) in [5.41, 5.74) is 2.64. The number of nitrogens with zero attached hydrogens (tertiary/aromatic N) is 2. The molecule has 0 saturated carbocycles. The van der Waals surface area contributed by atoms with Gasteiger partial charge in [-0.1, -0.05) is 42.5 Å². The van der Waals surface area contributed by atoms with Gasteiger partial charge in [0.05, 0.1) is 17.6 Å². The van der Waals surface area contributed by atoms with Crippen molar-refractivity contribution in [3.63, 3.8) is 0 Å². The number of rotatable bonds is 4. The largest absolute Gasteiger partial charge is 0.457 e. The molecule has 1 fully saturated rings. The van der Waals surface area contributed by atoms with Crippen LogP contribution in [0.1, 0.15) is 28.7 Å². The third-order valence-corrected chi connectivity index (χ3v) is 4.42. The summed E-state index contributed by atoms with van der Waals surface area (Å²) in [7, 11) is 3.91. The Morgan fingerprint density at radius 2 is 1.71 bits per heavy atom. The fourth-order valence-corrected chi connectivity index (χ4v) is 3.33. The Kier molecular flexibility index (Phi) is 4.64. The van der Waals surface area contributed by atoms with Crippen molar-refractivity contribution < 1.29 is 9.53 Å². The van der Waals surface area contributed by atoms with E-state index in [1.165, 1.54) is 0 Å². The van der Waals surface area contributed by atoms with Crippen LogP contribution >= 0.6 is 0 Å². The van der Waals surface area contributed by atoms with Crippen LogP contribution < -0.4 is 0 Å². The van der Waals surface area contributed by atoms with Gasteiger partial charge in [0.2, 0.25) is 0 Å². The zero-order valence-corrected chi connectivity index (χ0v) is 13.8. The molecule has 2 aromatic carbocycles. The van der Waals surface area contributed by atoms with Gasteiger partial charge in [-0.05, 0) is 37.4 Å². The van der Waals surface area contributed by atoms with E-state index in [4.69, 9.17) is 10.00 Å². The first-order valence-corrected chi connectivity index (χ1v) is 8.00. The fourth-order valence-electron chi connectivity index (χ4n) is 3.33. The maximum atomic E-state index is 12.5. The minimum atomic E-state index is -0.295. The van der Waals surface area contributed by atoms with E-state index >= 15 is 0 Å². The summed E-state index contributed by atoms with van der Waals surface area (Å²) in [5, 5.41) is 9.00. The fraction of sp³-hybridized carbons (Fsp3) is 0.300. The molecule has 0 N–H and O–H groups in total. The number of ether oxygens (including phenoxy) is 1. The summed E-state index contributed by atoms with van der Waals surface area (Å²) >= 11 is 0. The Hall–Kier alpha value is -2.64. The molecule has 24 heavy (non-hydrogen) atoms. The van der Waals surface area contributed by atoms with Crippen LogP contribution in [0.25, 0.3) is 0 Å². The summed E-state index contributed by atoms with van der Waals surface area (Å²) in [5.74, 6) is -0.444. The van der Waals surface area contributed by atoms with Crippen molar-refractivity contribution in [3.8, 4) is 6.07 Å². The van der Waals surface area contributed by atoms with Gasteiger partial charge in [-0.15, -0.1) is 0 Å². The maximum absolute atomic E-state index is 12.5. The van der Waals surface area contributed by atoms with Crippen molar-refractivity contribution >= 4 is 5.97 Å². The van der Waals surface area contributed by atoms with E-state index in [-0.39, 0.29) is 23.9 Å². The highest BCUT2D eigenvalue weighted by molar-refractivity contribution is 5.77. The van der Waals surface area contributed by atoms with E-state index in [0.29, 0.717) is 12.1 Å². The van der Waals surface area contributed by atoms with E-state index in [2.05, 4.69) is 6.07 Å². The molecule has 1 aliphatic rings. The second kappa shape index (κ2) is 6.86. The van der Waals surface area contributed by atoms with Gasteiger partial charge in [-0.3, -0.25) is 4.79 Å². The van der Waals surface area contributed by atoms with Crippen molar-refractivity contribution in [1.29, 1.82) is 5.26 Å². The first-order chi connectivity index (χ1) is 11.6. The number of hydrogen-bond donors (Lipinski definition) is 0. The highest BCUT2D eigenvalue weighted by Gasteiger charge is 2.46. The van der Waals surface area contributed by atoms with Crippen molar-refractivity contribution in [2.24, 2.45) is 5.92 Å². The molecule has 0 aliphatic carbocycles. The lowest BCUT2D eigenvalue weighted by Crippen LogP contribution is -2.28. The monoisotopic (exact) mass is 320 g/mol. The minimum absolute atomic E-state index is 0.0601. The Morgan fingerprint density at radius 1 is 1.04 bits per heavy atom. The molecule has 3 atom stereocenters. The SMILES string of the molecule is CN(C)CC1C(=O)O[C@H](c2ccccc2)[C@@H]1c1ccc(C#N)cc1. The zero-order chi connectivity index (χ0) is 17.1. The van der Waals surface area contributed by atoms with E-state index < -0.39 is 0 Å². The standard InChI is InChI=1S/C20H20N2O2/c1-22(2)13-17-18(15-10-8-14(12-21)9-11-15)19(24-20(17)23)16-6-4-3-5-7-16/h3-11,17-19H,13H2,1-2H3/t17?,18-,19-/m1/s1. The average Bonchev–Trinajstić information content (AvgIpc) is 2.92. The molecule has 0 amide bonds. The number of hydrogen-bond acceptors (Lipinski definition) is 4. The number of carbonyl (C=O) groups excluding carboxylic acids is 1. The first kappa shape index (κ1) is 16.2. The van der Waals surface area contributed by atoms with Crippen LogP contribution in [0.2, 0.25) is 0 Å². The van der Waals surface area contributed by atoms with E-state index in [1.54, 1.807) is 12.1 Å². The Bertz CT molecular complexity index is 747. The predicted molar refractivity (Wildman–Crippen MR) is 91.2 cm³/mol. The number of carbonyl (C=O) groups is 1. The van der Waals surface area contributed by atoms with Gasteiger partial charge in [-0.2, -0.15) is 5.26 Å². The quantitative estimate of drug-likeness (QED) is 0.812. The second-order valence-corrected chi connectivity index (χ2v) is 6.40. The summed E-state index contributed by atoms with van der Waals surface area (Å²) in [6, 6.07) is 19.5. The Morgan fingerprint density at radius 3 is 2.29 bits per heavy atom. The molecule has 2 aromatic rings. The summed E-state index contributed by atoms with van der Waals surface area (Å²) in [6.07, 6.45) is -0.295. The van der Waals surface area contributed by atoms with Gasteiger partial charge >= 0.3 is 5.97 Å². The predicted octanol–water partition coefficient (Wildman–Crippen LogP) is 3.12. The van der Waals surface area contributed by atoms with Crippen LogP contribution in [-0.4, -0.2) is 31.5 Å². The van der Waals surface area contributed by atoms with Crippen LogP contribution in [0, 0.1) is 17.2 Å². The smallest absolute Gasteiger partial charge is 0.311 e. The number of cyclic esters (lactones) is 1. The van der Waals surface area contributed by atoms with Crippen LogP contribution in [0.3, 0.4) is 0 Å². The summed E-state index contributed by atoms with van der Waals surface area (Å²) in [6.45, 7) is 0.632. The van der Waals surface area contributed by atoms with Gasteiger partial charge in [0.25, 0.3) is 0 Å². The third kappa shape index (κ3) is 3.17. The molecule has 122 valence electrons. The molecule has 1 heterocycles. The van der Waals surface area contributed by atoms with E-state index in [0.717, 1.165) is 11.1 Å². The normalized spacial score (nSPS) is 23.1. The van der Waals surface area contributed by atoms with Crippen LogP contribution in [0.5, 0.6) is 0 Å². The van der Waals surface area contributed by atoms with E-state index in [1.807, 2.05) is 61.5 Å². The molecule has 0 radical (unpaired) electrons. The summed E-state index contributed by atoms with van der Waals surface area (Å²) < 4.78 is 5.75. The van der Waals surface area contributed by atoms with Gasteiger partial charge < -0.3 is 9.64 Å². The van der Waals surface area contributed by atoms with Crippen molar-refractivity contribution in [2.75, 3.05) is 20.6 Å². The van der Waals surface area contributed by atoms with Crippen LogP contribution in [-0.2, 0) is 9.53 Å². The van der Waals surface area contributed by atoms with Crippen molar-refractivity contribution in [2.45, 2.75) is 12.0 Å². The Labute approximate surface area is 142 Å². The lowest BCUT2D eigenvalue weighted by molar-refractivity contribution is -0.144. The van der Waals surface area contributed by atoms with Crippen molar-refractivity contribution in [3.05, 3.63) is 71.3 Å². The van der Waals surface area contributed by atoms with Gasteiger partial charge in [0.15, 0.2) is 0 Å². The summed E-state index contributed by atoms with van der Waals surface area (Å²) in [4.78, 5) is 14.5. The topological polar surface area (TPSA) is 53.3 Å². The van der Waals surface area contributed by atoms with Crippen LogP contribution in [0.4, 0.5) is 0 Å². The average molecular weight is 320 g/mol. The van der Waals surface area contributed by atoms with Crippen molar-refractivity contribution in [1.82, 2.24) is 4.90 Å². The number of esters is 1. The highest BCUT2D eigenvalue weighted by atomic mass is 16.6. The highest BCUT2D eigenvalue weighted by Crippen LogP contribution is 2.46. The molecule has 0 spiro atoms. The molecular weight excluding hydrogens is 300 g/mol. The van der Waals surface area contributed by atoms with Gasteiger partial charge in [-0.25, -0.2) is 0 Å². The lowest BCUT2D eigenvalue weighted by Gasteiger charge is -2.23. The molecular formula is C20H20N2O2. The maximum Gasteiger partial charge on any atom is 0.311 e. The molecule has 1 aliphatic heterocycles. The third-order valence-electron chi connectivity index (χ3n) is 4.42. The molecule has 3 rings (SSSR count). The van der Waals surface area contributed by atoms with Gasteiger partial charge in [0, 0.05) is 12.5 Å². The molecule has 0 aromatic heterocycles. The minimum Gasteiger partial charge on any atom is -0.457 e. The molecule has 4 heteroatoms. The first-order valence-electron chi connectivity index (χ1n) is 8.00. The van der Waals surface area contributed by atoms with Crippen LogP contribution in [0.15, 0.2) is 54.6 Å². The number of benzene rings is 2. The molecule has 0 bridgehead atoms. The zero-order valence-electron chi connectivity index (χ0n) is 13.8. The molecule has 1 unspecified atom stereocenters. The Balaban J connectivity index is 2.01. The molecule has 4 nitrogen and oxygen atoms in total. The lowest BCUT2D eigenvalue weighted by atomic mass is 9.81.